The van der Waals surface area contributed by atoms with E-state index in [0.717, 1.165) is 31.4 Å². The molecule has 0 bridgehead atoms. The van der Waals surface area contributed by atoms with Crippen LogP contribution in [0.1, 0.15) is 11.1 Å². The van der Waals surface area contributed by atoms with E-state index in [-0.39, 0.29) is 6.03 Å². The maximum atomic E-state index is 11.9. The van der Waals surface area contributed by atoms with Crippen molar-refractivity contribution >= 4 is 49.3 Å². The SMILES string of the molecule is Cc1ccc(NC(=O)Nc2ccc(C)c(Br)c2)cc1Br. The van der Waals surface area contributed by atoms with Gasteiger partial charge in [-0.2, -0.15) is 0 Å². The molecular weight excluding hydrogens is 384 g/mol. The second-order valence-corrected chi connectivity index (χ2v) is 6.22. The van der Waals surface area contributed by atoms with E-state index >= 15 is 0 Å². The Labute approximate surface area is 135 Å². The molecule has 0 atom stereocenters. The fourth-order valence-electron chi connectivity index (χ4n) is 1.63. The van der Waals surface area contributed by atoms with Crippen LogP contribution in [0.25, 0.3) is 0 Å². The summed E-state index contributed by atoms with van der Waals surface area (Å²) in [7, 11) is 0. The molecule has 0 aliphatic rings. The van der Waals surface area contributed by atoms with Gasteiger partial charge in [0, 0.05) is 20.3 Å². The molecule has 2 aromatic carbocycles. The number of halogens is 2. The molecular formula is C15H14Br2N2O. The maximum absolute atomic E-state index is 11.9. The molecule has 0 aliphatic carbocycles. The van der Waals surface area contributed by atoms with Gasteiger partial charge in [0.1, 0.15) is 0 Å². The Kier molecular flexibility index (Phi) is 4.83. The number of aryl methyl sites for hydroxylation is 2. The topological polar surface area (TPSA) is 41.1 Å². The van der Waals surface area contributed by atoms with Crippen molar-refractivity contribution in [3.8, 4) is 0 Å². The van der Waals surface area contributed by atoms with Crippen LogP contribution in [0, 0.1) is 13.8 Å². The van der Waals surface area contributed by atoms with E-state index in [9.17, 15) is 4.79 Å². The zero-order chi connectivity index (χ0) is 14.7. The largest absolute Gasteiger partial charge is 0.323 e. The van der Waals surface area contributed by atoms with Gasteiger partial charge in [0.05, 0.1) is 0 Å². The third-order valence-electron chi connectivity index (χ3n) is 2.86. The van der Waals surface area contributed by atoms with Gasteiger partial charge in [0.2, 0.25) is 0 Å². The highest BCUT2D eigenvalue weighted by Crippen LogP contribution is 2.22. The number of rotatable bonds is 2. The van der Waals surface area contributed by atoms with Crippen LogP contribution in [-0.4, -0.2) is 6.03 Å². The number of nitrogens with one attached hydrogen (secondary N) is 2. The molecule has 0 spiro atoms. The number of anilines is 2. The summed E-state index contributed by atoms with van der Waals surface area (Å²) < 4.78 is 1.93. The summed E-state index contributed by atoms with van der Waals surface area (Å²) in [5.41, 5.74) is 3.73. The van der Waals surface area contributed by atoms with Crippen LogP contribution in [0.2, 0.25) is 0 Å². The first-order chi connectivity index (χ1) is 9.45. The zero-order valence-corrected chi connectivity index (χ0v) is 14.3. The van der Waals surface area contributed by atoms with Crippen LogP contribution in [0.15, 0.2) is 45.3 Å². The van der Waals surface area contributed by atoms with E-state index in [0.29, 0.717) is 0 Å². The van der Waals surface area contributed by atoms with Crippen LogP contribution in [0.3, 0.4) is 0 Å². The van der Waals surface area contributed by atoms with E-state index in [1.54, 1.807) is 0 Å². The Morgan fingerprint density at radius 3 is 1.60 bits per heavy atom. The summed E-state index contributed by atoms with van der Waals surface area (Å²) in [6, 6.07) is 11.1. The molecule has 0 unspecified atom stereocenters. The minimum absolute atomic E-state index is 0.267. The molecule has 2 N–H and O–H groups in total. The van der Waals surface area contributed by atoms with Crippen LogP contribution < -0.4 is 10.6 Å². The molecule has 2 amide bonds. The summed E-state index contributed by atoms with van der Waals surface area (Å²) in [6.07, 6.45) is 0. The lowest BCUT2D eigenvalue weighted by Gasteiger charge is -2.09. The minimum atomic E-state index is -0.267. The van der Waals surface area contributed by atoms with Gasteiger partial charge in [-0.1, -0.05) is 44.0 Å². The van der Waals surface area contributed by atoms with Crippen molar-refractivity contribution in [3.63, 3.8) is 0 Å². The van der Waals surface area contributed by atoms with Gasteiger partial charge in [-0.15, -0.1) is 0 Å². The minimum Gasteiger partial charge on any atom is -0.308 e. The van der Waals surface area contributed by atoms with Crippen LogP contribution in [0.5, 0.6) is 0 Å². The summed E-state index contributed by atoms with van der Waals surface area (Å²) in [5, 5.41) is 5.59. The number of amides is 2. The quantitative estimate of drug-likeness (QED) is 0.692. The number of hydrogen-bond acceptors (Lipinski definition) is 1. The van der Waals surface area contributed by atoms with Gasteiger partial charge in [0.25, 0.3) is 0 Å². The van der Waals surface area contributed by atoms with Gasteiger partial charge >= 0.3 is 6.03 Å². The first-order valence-electron chi connectivity index (χ1n) is 6.06. The van der Waals surface area contributed by atoms with Gasteiger partial charge in [0.15, 0.2) is 0 Å². The Hall–Kier alpha value is -1.33. The van der Waals surface area contributed by atoms with E-state index in [2.05, 4.69) is 42.5 Å². The van der Waals surface area contributed by atoms with Gasteiger partial charge in [-0.05, 0) is 49.2 Å². The van der Waals surface area contributed by atoms with Crippen molar-refractivity contribution in [3.05, 3.63) is 56.5 Å². The van der Waals surface area contributed by atoms with Crippen LogP contribution in [-0.2, 0) is 0 Å². The average molecular weight is 398 g/mol. The van der Waals surface area contributed by atoms with Crippen molar-refractivity contribution in [2.24, 2.45) is 0 Å². The molecule has 0 aliphatic heterocycles. The van der Waals surface area contributed by atoms with E-state index in [1.807, 2.05) is 50.2 Å². The monoisotopic (exact) mass is 396 g/mol. The summed E-state index contributed by atoms with van der Waals surface area (Å²) in [4.78, 5) is 11.9. The molecule has 2 rings (SSSR count). The second-order valence-electron chi connectivity index (χ2n) is 4.51. The maximum Gasteiger partial charge on any atom is 0.323 e. The number of hydrogen-bond donors (Lipinski definition) is 2. The van der Waals surface area contributed by atoms with Crippen LogP contribution >= 0.6 is 31.9 Å². The standard InChI is InChI=1S/C15H14Br2N2O/c1-9-3-5-11(7-13(9)16)18-15(20)19-12-6-4-10(2)14(17)8-12/h3-8H,1-2H3,(H2,18,19,20). The molecule has 3 nitrogen and oxygen atoms in total. The first-order valence-corrected chi connectivity index (χ1v) is 7.64. The van der Waals surface area contributed by atoms with E-state index < -0.39 is 0 Å². The van der Waals surface area contributed by atoms with Crippen molar-refractivity contribution in [1.29, 1.82) is 0 Å². The Bertz CT molecular complexity index is 601. The third kappa shape index (κ3) is 3.84. The lowest BCUT2D eigenvalue weighted by atomic mass is 10.2. The van der Waals surface area contributed by atoms with Crippen molar-refractivity contribution in [2.45, 2.75) is 13.8 Å². The summed E-state index contributed by atoms with van der Waals surface area (Å²) in [6.45, 7) is 4.00. The lowest BCUT2D eigenvalue weighted by Crippen LogP contribution is -2.19. The highest BCUT2D eigenvalue weighted by atomic mass is 79.9. The molecule has 0 aromatic heterocycles. The molecule has 2 aromatic rings. The van der Waals surface area contributed by atoms with Gasteiger partial charge in [-0.3, -0.25) is 0 Å². The second kappa shape index (κ2) is 6.41. The van der Waals surface area contributed by atoms with Gasteiger partial charge < -0.3 is 10.6 Å². The van der Waals surface area contributed by atoms with Crippen LogP contribution in [0.4, 0.5) is 16.2 Å². The Morgan fingerprint density at radius 1 is 0.850 bits per heavy atom. The average Bonchev–Trinajstić information content (AvgIpc) is 2.38. The third-order valence-corrected chi connectivity index (χ3v) is 4.57. The molecule has 0 saturated heterocycles. The molecule has 20 heavy (non-hydrogen) atoms. The van der Waals surface area contributed by atoms with Gasteiger partial charge in [-0.25, -0.2) is 4.79 Å². The fraction of sp³-hybridized carbons (Fsp3) is 0.133. The Balaban J connectivity index is 2.04. The first kappa shape index (κ1) is 15.1. The normalized spacial score (nSPS) is 10.2. The number of urea groups is 1. The van der Waals surface area contributed by atoms with Crippen molar-refractivity contribution in [2.75, 3.05) is 10.6 Å². The molecule has 104 valence electrons. The highest BCUT2D eigenvalue weighted by Gasteiger charge is 2.05. The van der Waals surface area contributed by atoms with Crippen molar-refractivity contribution < 1.29 is 4.79 Å². The lowest BCUT2D eigenvalue weighted by molar-refractivity contribution is 0.262. The predicted octanol–water partition coefficient (Wildman–Crippen LogP) is 5.47. The molecule has 5 heteroatoms. The van der Waals surface area contributed by atoms with E-state index in [1.165, 1.54) is 0 Å². The summed E-state index contributed by atoms with van der Waals surface area (Å²) in [5.74, 6) is 0. The van der Waals surface area contributed by atoms with E-state index in [4.69, 9.17) is 0 Å². The number of benzene rings is 2. The smallest absolute Gasteiger partial charge is 0.308 e. The Morgan fingerprint density at radius 2 is 1.25 bits per heavy atom. The van der Waals surface area contributed by atoms with Crippen molar-refractivity contribution in [1.82, 2.24) is 0 Å². The molecule has 0 fully saturated rings. The fourth-order valence-corrected chi connectivity index (χ4v) is 2.39. The predicted molar refractivity (Wildman–Crippen MR) is 90.4 cm³/mol. The summed E-state index contributed by atoms with van der Waals surface area (Å²) >= 11 is 6.88. The molecule has 0 radical (unpaired) electrons. The number of carbonyl (C=O) groups excluding carboxylic acids is 1. The zero-order valence-electron chi connectivity index (χ0n) is 11.1. The molecule has 0 saturated carbocycles. The molecule has 0 heterocycles. The number of carbonyl (C=O) groups is 1. The highest BCUT2D eigenvalue weighted by molar-refractivity contribution is 9.10.